The third-order valence-electron chi connectivity index (χ3n) is 4.68. The number of hydrogen-bond acceptors (Lipinski definition) is 3. The minimum atomic E-state index is 0.720. The summed E-state index contributed by atoms with van der Waals surface area (Å²) in [5, 5.41) is 10.4. The van der Waals surface area contributed by atoms with Crippen LogP contribution in [0, 0.1) is 0 Å². The number of hydrogen-bond donors (Lipinski definition) is 1. The van der Waals surface area contributed by atoms with Crippen LogP contribution in [0.4, 0.5) is 5.82 Å². The van der Waals surface area contributed by atoms with Gasteiger partial charge in [-0.15, -0.1) is 0 Å². The summed E-state index contributed by atoms with van der Waals surface area (Å²) in [6.07, 6.45) is 2.05. The lowest BCUT2D eigenvalue weighted by molar-refractivity contribution is 0.898. The van der Waals surface area contributed by atoms with Gasteiger partial charge in [-0.05, 0) is 23.8 Å². The Balaban J connectivity index is 1.65. The van der Waals surface area contributed by atoms with E-state index in [1.54, 1.807) is 0 Å². The van der Waals surface area contributed by atoms with Crippen molar-refractivity contribution in [1.82, 2.24) is 14.8 Å². The van der Waals surface area contributed by atoms with Crippen molar-refractivity contribution in [1.29, 1.82) is 0 Å². The Morgan fingerprint density at radius 3 is 2.26 bits per heavy atom. The highest BCUT2D eigenvalue weighted by molar-refractivity contribution is 6.07. The number of benzene rings is 3. The van der Waals surface area contributed by atoms with Crippen LogP contribution in [-0.2, 0) is 6.54 Å². The number of fused-ring (bicyclic) bond motifs is 3. The largest absolute Gasteiger partial charge is 0.365 e. The summed E-state index contributed by atoms with van der Waals surface area (Å²) in [4.78, 5) is 4.86. The van der Waals surface area contributed by atoms with Gasteiger partial charge in [-0.25, -0.2) is 9.67 Å². The Kier molecular flexibility index (Phi) is 3.79. The lowest BCUT2D eigenvalue weighted by Crippen LogP contribution is -2.02. The molecule has 2 aromatic heterocycles. The first-order valence-corrected chi connectivity index (χ1v) is 9.00. The van der Waals surface area contributed by atoms with E-state index in [0.717, 1.165) is 39.9 Å². The van der Waals surface area contributed by atoms with E-state index < -0.39 is 0 Å². The van der Waals surface area contributed by atoms with Crippen LogP contribution in [0.5, 0.6) is 0 Å². The monoisotopic (exact) mass is 350 g/mol. The van der Waals surface area contributed by atoms with Gasteiger partial charge in [-0.1, -0.05) is 66.7 Å². The highest BCUT2D eigenvalue weighted by atomic mass is 15.3. The van der Waals surface area contributed by atoms with Crippen molar-refractivity contribution in [2.75, 3.05) is 5.32 Å². The molecule has 27 heavy (non-hydrogen) atoms. The van der Waals surface area contributed by atoms with Gasteiger partial charge >= 0.3 is 0 Å². The van der Waals surface area contributed by atoms with Crippen LogP contribution in [0.1, 0.15) is 5.56 Å². The highest BCUT2D eigenvalue weighted by Crippen LogP contribution is 2.29. The van der Waals surface area contributed by atoms with Crippen LogP contribution >= 0.6 is 0 Å². The van der Waals surface area contributed by atoms with E-state index in [0.29, 0.717) is 0 Å². The second-order valence-corrected chi connectivity index (χ2v) is 6.49. The zero-order chi connectivity index (χ0) is 18.1. The van der Waals surface area contributed by atoms with Gasteiger partial charge in [0.25, 0.3) is 0 Å². The maximum atomic E-state index is 4.86. The van der Waals surface area contributed by atoms with Gasteiger partial charge in [-0.2, -0.15) is 5.10 Å². The highest BCUT2D eigenvalue weighted by Gasteiger charge is 2.13. The molecule has 0 spiro atoms. The zero-order valence-electron chi connectivity index (χ0n) is 14.7. The minimum absolute atomic E-state index is 0.720. The van der Waals surface area contributed by atoms with E-state index in [1.807, 2.05) is 59.3 Å². The molecule has 0 saturated heterocycles. The third-order valence-corrected chi connectivity index (χ3v) is 4.68. The average molecular weight is 350 g/mol. The van der Waals surface area contributed by atoms with E-state index in [4.69, 9.17) is 10.1 Å². The summed E-state index contributed by atoms with van der Waals surface area (Å²) in [7, 11) is 0. The molecule has 0 unspecified atom stereocenters. The fourth-order valence-electron chi connectivity index (χ4n) is 3.33. The summed E-state index contributed by atoms with van der Waals surface area (Å²) in [6.45, 7) is 0.720. The fourth-order valence-corrected chi connectivity index (χ4v) is 3.33. The van der Waals surface area contributed by atoms with Gasteiger partial charge in [0, 0.05) is 18.1 Å². The molecule has 5 aromatic rings. The van der Waals surface area contributed by atoms with E-state index in [9.17, 15) is 0 Å². The number of nitrogens with zero attached hydrogens (tertiary/aromatic N) is 3. The van der Waals surface area contributed by atoms with Gasteiger partial charge in [0.05, 0.1) is 16.6 Å². The van der Waals surface area contributed by atoms with E-state index in [2.05, 4.69) is 41.8 Å². The van der Waals surface area contributed by atoms with Crippen molar-refractivity contribution in [3.8, 4) is 5.69 Å². The second kappa shape index (κ2) is 6.57. The van der Waals surface area contributed by atoms with E-state index >= 15 is 0 Å². The molecule has 0 aliphatic rings. The molecule has 4 nitrogen and oxygen atoms in total. The van der Waals surface area contributed by atoms with Crippen LogP contribution < -0.4 is 5.32 Å². The van der Waals surface area contributed by atoms with Gasteiger partial charge < -0.3 is 5.32 Å². The SMILES string of the molecule is c1ccc(CNc2nc3ccccc3c3nn(-c4ccccc4)cc23)cc1. The second-order valence-electron chi connectivity index (χ2n) is 6.49. The van der Waals surface area contributed by atoms with Crippen molar-refractivity contribution in [3.63, 3.8) is 0 Å². The van der Waals surface area contributed by atoms with Gasteiger partial charge in [0.2, 0.25) is 0 Å². The van der Waals surface area contributed by atoms with E-state index in [1.165, 1.54) is 5.56 Å². The maximum Gasteiger partial charge on any atom is 0.138 e. The van der Waals surface area contributed by atoms with Crippen LogP contribution in [0.3, 0.4) is 0 Å². The number of anilines is 1. The summed E-state index contributed by atoms with van der Waals surface area (Å²) in [5.41, 5.74) is 4.15. The molecule has 0 fully saturated rings. The molecule has 0 atom stereocenters. The summed E-state index contributed by atoms with van der Waals surface area (Å²) >= 11 is 0. The predicted octanol–water partition coefficient (Wildman–Crippen LogP) is 5.19. The number of para-hydroxylation sites is 2. The van der Waals surface area contributed by atoms with Crippen molar-refractivity contribution in [2.24, 2.45) is 0 Å². The molecule has 2 heterocycles. The van der Waals surface area contributed by atoms with Crippen molar-refractivity contribution >= 4 is 27.6 Å². The van der Waals surface area contributed by atoms with Gasteiger partial charge in [-0.3, -0.25) is 0 Å². The minimum Gasteiger partial charge on any atom is -0.365 e. The van der Waals surface area contributed by atoms with Crippen molar-refractivity contribution in [3.05, 3.63) is 96.7 Å². The topological polar surface area (TPSA) is 42.7 Å². The zero-order valence-corrected chi connectivity index (χ0v) is 14.7. The number of nitrogens with one attached hydrogen (secondary N) is 1. The molecule has 130 valence electrons. The molecular weight excluding hydrogens is 332 g/mol. The first-order chi connectivity index (χ1) is 13.4. The summed E-state index contributed by atoms with van der Waals surface area (Å²) in [5.74, 6) is 0.856. The van der Waals surface area contributed by atoms with Crippen LogP contribution in [0.15, 0.2) is 91.1 Å². The fraction of sp³-hybridized carbons (Fsp3) is 0.0435. The lowest BCUT2D eigenvalue weighted by atomic mass is 10.1. The normalized spacial score (nSPS) is 11.1. The van der Waals surface area contributed by atoms with Crippen LogP contribution in [-0.4, -0.2) is 14.8 Å². The Bertz CT molecular complexity index is 1210. The Hall–Kier alpha value is -3.66. The smallest absolute Gasteiger partial charge is 0.138 e. The third kappa shape index (κ3) is 2.91. The molecule has 4 heteroatoms. The maximum absolute atomic E-state index is 4.86. The molecule has 0 aliphatic heterocycles. The lowest BCUT2D eigenvalue weighted by Gasteiger charge is -2.08. The molecule has 1 N–H and O–H groups in total. The molecule has 0 amide bonds. The number of aromatic nitrogens is 3. The average Bonchev–Trinajstić information content (AvgIpc) is 3.19. The Morgan fingerprint density at radius 1 is 0.741 bits per heavy atom. The first-order valence-electron chi connectivity index (χ1n) is 9.00. The number of rotatable bonds is 4. The van der Waals surface area contributed by atoms with Crippen molar-refractivity contribution in [2.45, 2.75) is 6.54 Å². The summed E-state index contributed by atoms with van der Waals surface area (Å²) < 4.78 is 1.92. The molecule has 0 aliphatic carbocycles. The van der Waals surface area contributed by atoms with Gasteiger partial charge in [0.15, 0.2) is 0 Å². The van der Waals surface area contributed by atoms with Crippen LogP contribution in [0.25, 0.3) is 27.5 Å². The number of pyridine rings is 1. The first kappa shape index (κ1) is 15.6. The van der Waals surface area contributed by atoms with Crippen LogP contribution in [0.2, 0.25) is 0 Å². The predicted molar refractivity (Wildman–Crippen MR) is 110 cm³/mol. The Morgan fingerprint density at radius 2 is 1.44 bits per heavy atom. The summed E-state index contributed by atoms with van der Waals surface area (Å²) in [6, 6.07) is 28.7. The molecule has 5 rings (SSSR count). The molecule has 0 saturated carbocycles. The Labute approximate surface area is 157 Å². The van der Waals surface area contributed by atoms with E-state index in [-0.39, 0.29) is 0 Å². The standard InChI is InChI=1S/C23H18N4/c1-3-9-17(10-4-1)15-24-23-20-16-27(18-11-5-2-6-12-18)26-22(20)19-13-7-8-14-21(19)25-23/h1-14,16H,15H2,(H,24,25). The molecular formula is C23H18N4. The molecule has 3 aromatic carbocycles. The molecule has 0 radical (unpaired) electrons. The van der Waals surface area contributed by atoms with Crippen molar-refractivity contribution < 1.29 is 0 Å². The molecule has 0 bridgehead atoms. The quantitative estimate of drug-likeness (QED) is 0.485. The van der Waals surface area contributed by atoms with Gasteiger partial charge in [0.1, 0.15) is 11.3 Å².